The Labute approximate surface area is 126 Å². The molecule has 0 spiro atoms. The van der Waals surface area contributed by atoms with Gasteiger partial charge in [0.05, 0.1) is 0 Å². The smallest absolute Gasteiger partial charge is 0.279 e. The van der Waals surface area contributed by atoms with Crippen molar-refractivity contribution in [2.24, 2.45) is 5.16 Å². The number of hydrogen-bond donors (Lipinski definition) is 2. The standard InChI is InChI=1S/C17H12N2O3/c20-16(18-12-7-2-1-3-8-12)17-13(15(17)19-21)10-11-6-4-5-9-14(11)22-17/h1-10,21H,(H,18,20). The first-order valence-electron chi connectivity index (χ1n) is 6.85. The Morgan fingerprint density at radius 3 is 2.59 bits per heavy atom. The minimum atomic E-state index is -1.32. The number of fused-ring (bicyclic) bond motifs is 2. The number of benzene rings is 2. The van der Waals surface area contributed by atoms with Gasteiger partial charge in [0, 0.05) is 16.8 Å². The highest BCUT2D eigenvalue weighted by Gasteiger charge is 2.68. The van der Waals surface area contributed by atoms with Gasteiger partial charge in [0.25, 0.3) is 11.5 Å². The molecule has 1 unspecified atom stereocenters. The van der Waals surface area contributed by atoms with Gasteiger partial charge in [-0.05, 0) is 24.3 Å². The molecule has 22 heavy (non-hydrogen) atoms. The van der Waals surface area contributed by atoms with Gasteiger partial charge < -0.3 is 15.3 Å². The number of ether oxygens (including phenoxy) is 1. The molecule has 4 rings (SSSR count). The Balaban J connectivity index is 1.71. The first-order chi connectivity index (χ1) is 10.8. The van der Waals surface area contributed by atoms with Gasteiger partial charge >= 0.3 is 0 Å². The Bertz CT molecular complexity index is 827. The number of anilines is 1. The summed E-state index contributed by atoms with van der Waals surface area (Å²) in [6.07, 6.45) is 1.82. The number of nitrogens with zero attached hydrogens (tertiary/aromatic N) is 1. The Morgan fingerprint density at radius 2 is 1.82 bits per heavy atom. The van der Waals surface area contributed by atoms with Crippen molar-refractivity contribution in [3.63, 3.8) is 0 Å². The van der Waals surface area contributed by atoms with Crippen LogP contribution in [0, 0.1) is 0 Å². The van der Waals surface area contributed by atoms with Crippen LogP contribution in [0.2, 0.25) is 0 Å². The lowest BCUT2D eigenvalue weighted by molar-refractivity contribution is -0.122. The molecule has 1 fully saturated rings. The largest absolute Gasteiger partial charge is 0.465 e. The second-order valence-electron chi connectivity index (χ2n) is 5.15. The van der Waals surface area contributed by atoms with Crippen molar-refractivity contribution in [1.29, 1.82) is 0 Å². The van der Waals surface area contributed by atoms with Crippen LogP contribution in [0.1, 0.15) is 5.56 Å². The molecule has 1 aliphatic heterocycles. The number of carbonyl (C=O) groups excluding carboxylic acids is 1. The van der Waals surface area contributed by atoms with E-state index in [2.05, 4.69) is 10.5 Å². The normalized spacial score (nSPS) is 22.9. The van der Waals surface area contributed by atoms with E-state index in [1.807, 2.05) is 42.5 Å². The van der Waals surface area contributed by atoms with Crippen molar-refractivity contribution in [3.05, 3.63) is 65.7 Å². The highest BCUT2D eigenvalue weighted by molar-refractivity contribution is 6.44. The van der Waals surface area contributed by atoms with E-state index in [0.29, 0.717) is 17.0 Å². The van der Waals surface area contributed by atoms with E-state index in [1.165, 1.54) is 0 Å². The topological polar surface area (TPSA) is 70.9 Å². The molecule has 1 aliphatic carbocycles. The summed E-state index contributed by atoms with van der Waals surface area (Å²) in [6, 6.07) is 16.5. The van der Waals surface area contributed by atoms with Gasteiger partial charge in [0.1, 0.15) is 11.5 Å². The number of nitrogens with one attached hydrogen (secondary N) is 1. The average Bonchev–Trinajstić information content (AvgIpc) is 3.21. The molecule has 1 amide bonds. The molecule has 1 heterocycles. The summed E-state index contributed by atoms with van der Waals surface area (Å²) in [7, 11) is 0. The van der Waals surface area contributed by atoms with E-state index in [-0.39, 0.29) is 11.6 Å². The Kier molecular flexibility index (Phi) is 2.56. The molecule has 1 atom stereocenters. The molecule has 2 N–H and O–H groups in total. The van der Waals surface area contributed by atoms with Crippen LogP contribution in [0.3, 0.4) is 0 Å². The maximum atomic E-state index is 12.6. The molecule has 1 saturated carbocycles. The van der Waals surface area contributed by atoms with Gasteiger partial charge in [-0.3, -0.25) is 4.79 Å². The zero-order valence-electron chi connectivity index (χ0n) is 11.5. The van der Waals surface area contributed by atoms with Gasteiger partial charge in [0.2, 0.25) is 0 Å². The molecule has 5 heteroatoms. The molecular weight excluding hydrogens is 280 g/mol. The third kappa shape index (κ3) is 1.65. The number of para-hydroxylation sites is 2. The molecule has 108 valence electrons. The van der Waals surface area contributed by atoms with Gasteiger partial charge in [-0.25, -0.2) is 0 Å². The van der Waals surface area contributed by atoms with E-state index >= 15 is 0 Å². The number of amides is 1. The van der Waals surface area contributed by atoms with Crippen molar-refractivity contribution < 1.29 is 14.7 Å². The van der Waals surface area contributed by atoms with Crippen LogP contribution in [-0.4, -0.2) is 22.4 Å². The first kappa shape index (κ1) is 12.6. The fourth-order valence-electron chi connectivity index (χ4n) is 2.70. The quantitative estimate of drug-likeness (QED) is 0.660. The molecular formula is C17H12N2O3. The highest BCUT2D eigenvalue weighted by Crippen LogP contribution is 2.50. The van der Waals surface area contributed by atoms with E-state index in [9.17, 15) is 10.0 Å². The zero-order chi connectivity index (χ0) is 15.2. The lowest BCUT2D eigenvalue weighted by Crippen LogP contribution is -2.38. The van der Waals surface area contributed by atoms with Gasteiger partial charge in [0.15, 0.2) is 0 Å². The van der Waals surface area contributed by atoms with Crippen LogP contribution >= 0.6 is 0 Å². The fraction of sp³-hybridized carbons (Fsp3) is 0.0588. The Hall–Kier alpha value is -3.08. The number of carbonyl (C=O) groups is 1. The highest BCUT2D eigenvalue weighted by atomic mass is 16.5. The van der Waals surface area contributed by atoms with E-state index in [0.717, 1.165) is 5.56 Å². The summed E-state index contributed by atoms with van der Waals surface area (Å²) < 4.78 is 5.86. The lowest BCUT2D eigenvalue weighted by Gasteiger charge is -2.20. The molecule has 2 aromatic rings. The monoisotopic (exact) mass is 292 g/mol. The van der Waals surface area contributed by atoms with Crippen LogP contribution in [0.25, 0.3) is 6.08 Å². The van der Waals surface area contributed by atoms with E-state index in [1.54, 1.807) is 18.2 Å². The summed E-state index contributed by atoms with van der Waals surface area (Å²) in [5, 5.41) is 15.2. The third-order valence-electron chi connectivity index (χ3n) is 3.84. The summed E-state index contributed by atoms with van der Waals surface area (Å²) in [4.78, 5) is 12.6. The number of rotatable bonds is 2. The molecule has 5 nitrogen and oxygen atoms in total. The van der Waals surface area contributed by atoms with Crippen molar-refractivity contribution in [2.45, 2.75) is 5.60 Å². The first-order valence-corrected chi connectivity index (χ1v) is 6.85. The van der Waals surface area contributed by atoms with Crippen LogP contribution in [0.15, 0.2) is 65.3 Å². The SMILES string of the molecule is O=C(Nc1ccccc1)C12Oc3ccccc3C=C1C2=NO. The fourth-order valence-corrected chi connectivity index (χ4v) is 2.70. The van der Waals surface area contributed by atoms with E-state index in [4.69, 9.17) is 4.74 Å². The van der Waals surface area contributed by atoms with Crippen LogP contribution in [0.5, 0.6) is 5.75 Å². The van der Waals surface area contributed by atoms with E-state index < -0.39 is 5.60 Å². The Morgan fingerprint density at radius 1 is 1.09 bits per heavy atom. The van der Waals surface area contributed by atoms with Gasteiger partial charge in [-0.15, -0.1) is 0 Å². The van der Waals surface area contributed by atoms with Gasteiger partial charge in [-0.2, -0.15) is 0 Å². The average molecular weight is 292 g/mol. The summed E-state index contributed by atoms with van der Waals surface area (Å²) in [6.45, 7) is 0. The van der Waals surface area contributed by atoms with Crippen molar-refractivity contribution in [2.75, 3.05) is 5.32 Å². The van der Waals surface area contributed by atoms with Crippen LogP contribution in [0.4, 0.5) is 5.69 Å². The van der Waals surface area contributed by atoms with Crippen molar-refractivity contribution in [1.82, 2.24) is 0 Å². The minimum absolute atomic E-state index is 0.247. The lowest BCUT2D eigenvalue weighted by atomic mass is 10.1. The second kappa shape index (κ2) is 4.46. The second-order valence-corrected chi connectivity index (χ2v) is 5.15. The van der Waals surface area contributed by atoms with Gasteiger partial charge in [-0.1, -0.05) is 41.6 Å². The van der Waals surface area contributed by atoms with Crippen molar-refractivity contribution >= 4 is 23.4 Å². The van der Waals surface area contributed by atoms with Crippen LogP contribution < -0.4 is 10.1 Å². The maximum absolute atomic E-state index is 12.6. The molecule has 0 bridgehead atoms. The summed E-state index contributed by atoms with van der Waals surface area (Å²) >= 11 is 0. The maximum Gasteiger partial charge on any atom is 0.279 e. The van der Waals surface area contributed by atoms with Crippen molar-refractivity contribution in [3.8, 4) is 5.75 Å². The minimum Gasteiger partial charge on any atom is -0.465 e. The van der Waals surface area contributed by atoms with Crippen LogP contribution in [-0.2, 0) is 4.79 Å². The summed E-state index contributed by atoms with van der Waals surface area (Å²) in [5.74, 6) is 0.223. The molecule has 2 aliphatic rings. The molecule has 0 saturated heterocycles. The number of hydrogen-bond acceptors (Lipinski definition) is 4. The number of oxime groups is 1. The predicted molar refractivity (Wildman–Crippen MR) is 82.1 cm³/mol. The molecule has 2 aromatic carbocycles. The molecule has 0 radical (unpaired) electrons. The zero-order valence-corrected chi connectivity index (χ0v) is 11.5. The summed E-state index contributed by atoms with van der Waals surface area (Å²) in [5.41, 5.74) is 1.03. The molecule has 0 aromatic heterocycles. The third-order valence-corrected chi connectivity index (χ3v) is 3.84. The predicted octanol–water partition coefficient (Wildman–Crippen LogP) is 2.68.